The molecule has 0 spiro atoms. The molecule has 0 saturated carbocycles. The maximum Gasteiger partial charge on any atom is 0.220 e. The van der Waals surface area contributed by atoms with E-state index in [0.717, 1.165) is 62.6 Å². The number of hydrogen-bond donors (Lipinski definition) is 1. The molecule has 3 rings (SSSR count). The predicted molar refractivity (Wildman–Crippen MR) is 91.7 cm³/mol. The molecule has 1 aromatic carbocycles. The third-order valence-electron chi connectivity index (χ3n) is 4.82. The first-order valence-electron chi connectivity index (χ1n) is 8.56. The van der Waals surface area contributed by atoms with Gasteiger partial charge in [0.15, 0.2) is 0 Å². The van der Waals surface area contributed by atoms with Crippen molar-refractivity contribution >= 4 is 17.5 Å². The molecule has 1 N–H and O–H groups in total. The molecule has 2 fully saturated rings. The molecule has 0 aliphatic carbocycles. The lowest BCUT2D eigenvalue weighted by Crippen LogP contribution is -2.41. The highest BCUT2D eigenvalue weighted by Gasteiger charge is 2.29. The molecule has 1 amide bonds. The highest BCUT2D eigenvalue weighted by atomic mass is 35.5. The second kappa shape index (κ2) is 8.13. The van der Waals surface area contributed by atoms with Gasteiger partial charge in [-0.3, -0.25) is 9.69 Å². The first-order chi connectivity index (χ1) is 11.2. The van der Waals surface area contributed by atoms with Gasteiger partial charge >= 0.3 is 0 Å². The maximum absolute atomic E-state index is 12.2. The molecule has 0 bridgehead atoms. The number of nitrogens with zero attached hydrogens (tertiary/aromatic N) is 1. The molecule has 1 aromatic rings. The minimum absolute atomic E-state index is 0.142. The molecule has 2 aliphatic rings. The quantitative estimate of drug-likeness (QED) is 0.898. The highest BCUT2D eigenvalue weighted by molar-refractivity contribution is 6.30. The van der Waals surface area contributed by atoms with Gasteiger partial charge in [-0.25, -0.2) is 0 Å². The van der Waals surface area contributed by atoms with Crippen LogP contribution in [0.1, 0.15) is 31.2 Å². The number of carbonyl (C=O) groups is 1. The summed E-state index contributed by atoms with van der Waals surface area (Å²) in [5.74, 6) is 0.142. The van der Waals surface area contributed by atoms with Gasteiger partial charge in [0.25, 0.3) is 0 Å². The van der Waals surface area contributed by atoms with Crippen LogP contribution in [0.25, 0.3) is 0 Å². The molecule has 2 saturated heterocycles. The second-order valence-electron chi connectivity index (χ2n) is 6.52. The average molecular weight is 337 g/mol. The fraction of sp³-hybridized carbons (Fsp3) is 0.611. The summed E-state index contributed by atoms with van der Waals surface area (Å²) in [6, 6.07) is 8.66. The first-order valence-corrected chi connectivity index (χ1v) is 8.94. The predicted octanol–water partition coefficient (Wildman–Crippen LogP) is 2.64. The summed E-state index contributed by atoms with van der Waals surface area (Å²) < 4.78 is 5.43. The lowest BCUT2D eigenvalue weighted by Gasteiger charge is -2.31. The topological polar surface area (TPSA) is 41.6 Å². The number of ether oxygens (including phenoxy) is 1. The Hall–Kier alpha value is -1.10. The number of nitrogens with one attached hydrogen (secondary N) is 1. The molecule has 126 valence electrons. The molecule has 2 aliphatic heterocycles. The van der Waals surface area contributed by atoms with Gasteiger partial charge in [-0.2, -0.15) is 0 Å². The smallest absolute Gasteiger partial charge is 0.220 e. The van der Waals surface area contributed by atoms with E-state index in [0.29, 0.717) is 18.5 Å². The Labute approximate surface area is 143 Å². The van der Waals surface area contributed by atoms with Crippen molar-refractivity contribution < 1.29 is 9.53 Å². The molecule has 2 heterocycles. The van der Waals surface area contributed by atoms with Gasteiger partial charge in [-0.05, 0) is 43.4 Å². The first kappa shape index (κ1) is 16.7. The van der Waals surface area contributed by atoms with E-state index in [1.54, 1.807) is 0 Å². The van der Waals surface area contributed by atoms with E-state index in [2.05, 4.69) is 10.2 Å². The number of halogens is 1. The van der Waals surface area contributed by atoms with Crippen molar-refractivity contribution in [3.05, 3.63) is 34.9 Å². The summed E-state index contributed by atoms with van der Waals surface area (Å²) in [5, 5.41) is 3.92. The third-order valence-corrected chi connectivity index (χ3v) is 5.06. The largest absolute Gasteiger partial charge is 0.381 e. The fourth-order valence-electron chi connectivity index (χ4n) is 3.54. The minimum Gasteiger partial charge on any atom is -0.381 e. The normalized spacial score (nSPS) is 23.1. The van der Waals surface area contributed by atoms with Crippen molar-refractivity contribution in [2.45, 2.75) is 44.2 Å². The van der Waals surface area contributed by atoms with Crippen LogP contribution in [0.5, 0.6) is 0 Å². The summed E-state index contributed by atoms with van der Waals surface area (Å²) >= 11 is 5.97. The second-order valence-corrected chi connectivity index (χ2v) is 6.96. The van der Waals surface area contributed by atoms with Gasteiger partial charge in [0, 0.05) is 49.8 Å². The highest BCUT2D eigenvalue weighted by Crippen LogP contribution is 2.20. The third kappa shape index (κ3) is 4.93. The van der Waals surface area contributed by atoms with Crippen LogP contribution >= 0.6 is 11.6 Å². The van der Waals surface area contributed by atoms with Gasteiger partial charge < -0.3 is 10.1 Å². The SMILES string of the molecule is O=C(CCc1cccc(Cl)c1)NC1CCN(C2CCOCC2)C1. The number of rotatable bonds is 5. The van der Waals surface area contributed by atoms with E-state index in [4.69, 9.17) is 16.3 Å². The maximum atomic E-state index is 12.2. The van der Waals surface area contributed by atoms with E-state index in [-0.39, 0.29) is 5.91 Å². The van der Waals surface area contributed by atoms with Gasteiger partial charge in [0.2, 0.25) is 5.91 Å². The Kier molecular flexibility index (Phi) is 5.92. The minimum atomic E-state index is 0.142. The monoisotopic (exact) mass is 336 g/mol. The Balaban J connectivity index is 1.40. The van der Waals surface area contributed by atoms with E-state index in [1.807, 2.05) is 24.3 Å². The molecule has 4 nitrogen and oxygen atoms in total. The zero-order chi connectivity index (χ0) is 16.1. The van der Waals surface area contributed by atoms with Crippen molar-refractivity contribution in [2.24, 2.45) is 0 Å². The van der Waals surface area contributed by atoms with Crippen LogP contribution in [0.4, 0.5) is 0 Å². The number of benzene rings is 1. The number of aryl methyl sites for hydroxylation is 1. The van der Waals surface area contributed by atoms with Crippen molar-refractivity contribution in [3.8, 4) is 0 Å². The lowest BCUT2D eigenvalue weighted by atomic mass is 10.1. The van der Waals surface area contributed by atoms with Crippen LogP contribution in [0.2, 0.25) is 5.02 Å². The van der Waals surface area contributed by atoms with Crippen LogP contribution in [-0.2, 0) is 16.0 Å². The Morgan fingerprint density at radius 3 is 2.91 bits per heavy atom. The van der Waals surface area contributed by atoms with Crippen molar-refractivity contribution in [2.75, 3.05) is 26.3 Å². The lowest BCUT2D eigenvalue weighted by molar-refractivity contribution is -0.121. The number of likely N-dealkylation sites (tertiary alicyclic amines) is 1. The Morgan fingerprint density at radius 1 is 1.30 bits per heavy atom. The van der Waals surface area contributed by atoms with Gasteiger partial charge in [-0.15, -0.1) is 0 Å². The van der Waals surface area contributed by atoms with Crippen LogP contribution in [-0.4, -0.2) is 49.2 Å². The molecule has 23 heavy (non-hydrogen) atoms. The molecule has 1 unspecified atom stereocenters. The summed E-state index contributed by atoms with van der Waals surface area (Å²) in [6.45, 7) is 3.81. The van der Waals surface area contributed by atoms with E-state index >= 15 is 0 Å². The summed E-state index contributed by atoms with van der Waals surface area (Å²) in [7, 11) is 0. The number of amides is 1. The van der Waals surface area contributed by atoms with Crippen LogP contribution in [0.3, 0.4) is 0 Å². The Bertz CT molecular complexity index is 532. The van der Waals surface area contributed by atoms with Gasteiger partial charge in [-0.1, -0.05) is 23.7 Å². The van der Waals surface area contributed by atoms with E-state index in [1.165, 1.54) is 0 Å². The van der Waals surface area contributed by atoms with E-state index in [9.17, 15) is 4.79 Å². The zero-order valence-electron chi connectivity index (χ0n) is 13.5. The van der Waals surface area contributed by atoms with Crippen LogP contribution < -0.4 is 5.32 Å². The van der Waals surface area contributed by atoms with Gasteiger partial charge in [0.05, 0.1) is 0 Å². The van der Waals surface area contributed by atoms with Crippen LogP contribution in [0, 0.1) is 0 Å². The van der Waals surface area contributed by atoms with Crippen LogP contribution in [0.15, 0.2) is 24.3 Å². The van der Waals surface area contributed by atoms with Crippen molar-refractivity contribution in [3.63, 3.8) is 0 Å². The Morgan fingerprint density at radius 2 is 2.13 bits per heavy atom. The van der Waals surface area contributed by atoms with E-state index < -0.39 is 0 Å². The van der Waals surface area contributed by atoms with Crippen molar-refractivity contribution in [1.82, 2.24) is 10.2 Å². The molecular weight excluding hydrogens is 312 g/mol. The summed E-state index contributed by atoms with van der Waals surface area (Å²) in [5.41, 5.74) is 1.11. The summed E-state index contributed by atoms with van der Waals surface area (Å²) in [6.07, 6.45) is 4.56. The molecule has 5 heteroatoms. The summed E-state index contributed by atoms with van der Waals surface area (Å²) in [4.78, 5) is 14.7. The van der Waals surface area contributed by atoms with Gasteiger partial charge in [0.1, 0.15) is 0 Å². The molecule has 1 atom stereocenters. The number of hydrogen-bond acceptors (Lipinski definition) is 3. The molecule has 0 radical (unpaired) electrons. The van der Waals surface area contributed by atoms with Crippen molar-refractivity contribution in [1.29, 1.82) is 0 Å². The molecule has 0 aromatic heterocycles. The fourth-order valence-corrected chi connectivity index (χ4v) is 3.75. The number of carbonyl (C=O) groups excluding carboxylic acids is 1. The zero-order valence-corrected chi connectivity index (χ0v) is 14.2. The molecular formula is C18H25ClN2O2. The average Bonchev–Trinajstić information content (AvgIpc) is 3.02. The standard InChI is InChI=1S/C18H25ClN2O2/c19-15-3-1-2-14(12-15)4-5-18(22)20-16-6-9-21(13-16)17-7-10-23-11-8-17/h1-3,12,16-17H,4-11,13H2,(H,20,22).